The van der Waals surface area contributed by atoms with Gasteiger partial charge in [-0.15, -0.1) is 0 Å². The van der Waals surface area contributed by atoms with Gasteiger partial charge in [-0.05, 0) is 33.6 Å². The molecule has 0 bridgehead atoms. The van der Waals surface area contributed by atoms with Gasteiger partial charge in [-0.3, -0.25) is 10.2 Å². The maximum Gasteiger partial charge on any atom is 0.407 e. The van der Waals surface area contributed by atoms with Gasteiger partial charge in [0, 0.05) is 19.9 Å². The molecule has 0 heterocycles. The number of aliphatic carboxylic acids is 1. The van der Waals surface area contributed by atoms with Crippen LogP contribution in [0.15, 0.2) is 0 Å². The fourth-order valence-corrected chi connectivity index (χ4v) is 0.945. The van der Waals surface area contributed by atoms with E-state index in [1.54, 1.807) is 0 Å². The Morgan fingerprint density at radius 3 is 2.16 bits per heavy atom. The summed E-state index contributed by atoms with van der Waals surface area (Å²) in [5, 5.41) is 17.1. The standard InChI is InChI=1S/C10H21N3O2.C2H4O2/c1-10(2,3)15-9(14)13-7-5-4-6-8(11)12;1-2(3)4/h4-7H2,1-3H3,(H3,11,12)(H,13,14);1H3,(H,3,4). The van der Waals surface area contributed by atoms with Crippen molar-refractivity contribution in [2.24, 2.45) is 5.73 Å². The van der Waals surface area contributed by atoms with Crippen molar-refractivity contribution in [2.45, 2.75) is 52.6 Å². The summed E-state index contributed by atoms with van der Waals surface area (Å²) in [4.78, 5) is 20.2. The number of unbranched alkanes of at least 4 members (excludes halogenated alkanes) is 1. The highest BCUT2D eigenvalue weighted by Gasteiger charge is 2.15. The smallest absolute Gasteiger partial charge is 0.407 e. The highest BCUT2D eigenvalue weighted by molar-refractivity contribution is 5.76. The van der Waals surface area contributed by atoms with Crippen molar-refractivity contribution in [3.05, 3.63) is 0 Å². The molecule has 0 spiro atoms. The Bertz CT molecular complexity index is 294. The Morgan fingerprint density at radius 2 is 1.79 bits per heavy atom. The molecular formula is C12H25N3O4. The third kappa shape index (κ3) is 26.0. The van der Waals surface area contributed by atoms with E-state index >= 15 is 0 Å². The summed E-state index contributed by atoms with van der Waals surface area (Å²) in [5.74, 6) is -0.646. The van der Waals surface area contributed by atoms with E-state index in [0.717, 1.165) is 19.8 Å². The second kappa shape index (κ2) is 10.2. The Morgan fingerprint density at radius 1 is 1.32 bits per heavy atom. The third-order valence-electron chi connectivity index (χ3n) is 1.54. The number of ether oxygens (including phenoxy) is 1. The SMILES string of the molecule is CC(=O)O.CC(C)(C)OC(=O)NCCCCC(=N)N. The minimum Gasteiger partial charge on any atom is -0.481 e. The molecular weight excluding hydrogens is 250 g/mol. The molecule has 112 valence electrons. The summed E-state index contributed by atoms with van der Waals surface area (Å²) >= 11 is 0. The Labute approximate surface area is 114 Å². The van der Waals surface area contributed by atoms with Gasteiger partial charge in [0.1, 0.15) is 5.60 Å². The van der Waals surface area contributed by atoms with Crippen LogP contribution in [0.25, 0.3) is 0 Å². The molecule has 7 nitrogen and oxygen atoms in total. The van der Waals surface area contributed by atoms with E-state index in [1.807, 2.05) is 20.8 Å². The van der Waals surface area contributed by atoms with E-state index in [4.69, 9.17) is 25.8 Å². The first-order chi connectivity index (χ1) is 8.54. The molecule has 0 aliphatic heterocycles. The van der Waals surface area contributed by atoms with E-state index < -0.39 is 17.7 Å². The summed E-state index contributed by atoms with van der Waals surface area (Å²) in [5.41, 5.74) is 4.73. The van der Waals surface area contributed by atoms with Gasteiger partial charge in [0.25, 0.3) is 5.97 Å². The maximum atomic E-state index is 11.2. The molecule has 0 atom stereocenters. The fourth-order valence-electron chi connectivity index (χ4n) is 0.945. The minimum absolute atomic E-state index is 0.187. The van der Waals surface area contributed by atoms with Crippen molar-refractivity contribution >= 4 is 17.9 Å². The number of carboxylic acids is 1. The summed E-state index contributed by atoms with van der Waals surface area (Å²) in [6, 6.07) is 0. The monoisotopic (exact) mass is 275 g/mol. The van der Waals surface area contributed by atoms with Gasteiger partial charge >= 0.3 is 6.09 Å². The van der Waals surface area contributed by atoms with Gasteiger partial charge in [0.2, 0.25) is 0 Å². The lowest BCUT2D eigenvalue weighted by atomic mass is 10.2. The van der Waals surface area contributed by atoms with Crippen molar-refractivity contribution in [3.63, 3.8) is 0 Å². The van der Waals surface area contributed by atoms with Crippen LogP contribution in [0.4, 0.5) is 4.79 Å². The van der Waals surface area contributed by atoms with Crippen molar-refractivity contribution in [1.82, 2.24) is 5.32 Å². The molecule has 1 amide bonds. The minimum atomic E-state index is -0.833. The number of nitrogens with two attached hydrogens (primary N) is 1. The van der Waals surface area contributed by atoms with Gasteiger partial charge in [-0.25, -0.2) is 4.79 Å². The van der Waals surface area contributed by atoms with Gasteiger partial charge in [-0.2, -0.15) is 0 Å². The second-order valence-electron chi connectivity index (χ2n) is 4.93. The molecule has 0 unspecified atom stereocenters. The molecule has 0 aromatic heterocycles. The number of alkyl carbamates (subject to hydrolysis) is 1. The first kappa shape index (κ1) is 19.5. The first-order valence-corrected chi connectivity index (χ1v) is 6.04. The van der Waals surface area contributed by atoms with Gasteiger partial charge in [0.15, 0.2) is 0 Å². The van der Waals surface area contributed by atoms with Crippen LogP contribution >= 0.6 is 0 Å². The van der Waals surface area contributed by atoms with Crippen LogP contribution < -0.4 is 11.1 Å². The predicted molar refractivity (Wildman–Crippen MR) is 73.3 cm³/mol. The lowest BCUT2D eigenvalue weighted by Gasteiger charge is -2.19. The fraction of sp³-hybridized carbons (Fsp3) is 0.750. The number of nitrogens with one attached hydrogen (secondary N) is 2. The molecule has 0 rings (SSSR count). The number of amides is 1. The normalized spacial score (nSPS) is 9.89. The van der Waals surface area contributed by atoms with E-state index in [1.165, 1.54) is 0 Å². The Hall–Kier alpha value is -1.79. The average molecular weight is 275 g/mol. The zero-order valence-corrected chi connectivity index (χ0v) is 12.1. The van der Waals surface area contributed by atoms with Gasteiger partial charge in [0.05, 0.1) is 5.84 Å². The van der Waals surface area contributed by atoms with Crippen LogP contribution in [0.5, 0.6) is 0 Å². The second-order valence-corrected chi connectivity index (χ2v) is 4.93. The highest BCUT2D eigenvalue weighted by Crippen LogP contribution is 2.06. The number of carbonyl (C=O) groups excluding carboxylic acids is 1. The quantitative estimate of drug-likeness (QED) is 0.345. The summed E-state index contributed by atoms with van der Waals surface area (Å²) < 4.78 is 5.05. The zero-order valence-electron chi connectivity index (χ0n) is 12.1. The molecule has 0 saturated carbocycles. The van der Waals surface area contributed by atoms with E-state index in [9.17, 15) is 4.79 Å². The van der Waals surface area contributed by atoms with Crippen molar-refractivity contribution in [2.75, 3.05) is 6.54 Å². The van der Waals surface area contributed by atoms with Gasteiger partial charge in [-0.1, -0.05) is 0 Å². The van der Waals surface area contributed by atoms with Crippen molar-refractivity contribution in [1.29, 1.82) is 5.41 Å². The molecule has 19 heavy (non-hydrogen) atoms. The number of rotatable bonds is 5. The van der Waals surface area contributed by atoms with E-state index in [-0.39, 0.29) is 5.84 Å². The predicted octanol–water partition coefficient (Wildman–Crippen LogP) is 1.71. The highest BCUT2D eigenvalue weighted by atomic mass is 16.6. The summed E-state index contributed by atoms with van der Waals surface area (Å²) in [6.45, 7) is 7.11. The molecule has 5 N–H and O–H groups in total. The molecule has 0 fully saturated rings. The summed E-state index contributed by atoms with van der Waals surface area (Å²) in [7, 11) is 0. The van der Waals surface area contributed by atoms with Crippen LogP contribution in [0.3, 0.4) is 0 Å². The molecule has 0 aromatic rings. The van der Waals surface area contributed by atoms with Crippen molar-refractivity contribution < 1.29 is 19.4 Å². The van der Waals surface area contributed by atoms with Crippen LogP contribution in [0.2, 0.25) is 0 Å². The summed E-state index contributed by atoms with van der Waals surface area (Å²) in [6.07, 6.45) is 1.80. The topological polar surface area (TPSA) is 125 Å². The molecule has 0 aromatic carbocycles. The molecule has 0 saturated heterocycles. The Balaban J connectivity index is 0. The number of carboxylic acid groups (broad SMARTS) is 1. The maximum absolute atomic E-state index is 11.2. The number of carbonyl (C=O) groups is 2. The molecule has 0 radical (unpaired) electrons. The van der Waals surface area contributed by atoms with Crippen LogP contribution in [-0.2, 0) is 9.53 Å². The number of amidine groups is 1. The molecule has 0 aliphatic rings. The van der Waals surface area contributed by atoms with Gasteiger partial charge < -0.3 is 20.9 Å². The zero-order chi connectivity index (χ0) is 15.5. The van der Waals surface area contributed by atoms with Crippen LogP contribution in [0.1, 0.15) is 47.0 Å². The van der Waals surface area contributed by atoms with Crippen LogP contribution in [0, 0.1) is 5.41 Å². The third-order valence-corrected chi connectivity index (χ3v) is 1.54. The Kier molecular flexibility index (Phi) is 10.5. The molecule has 0 aliphatic carbocycles. The lowest BCUT2D eigenvalue weighted by molar-refractivity contribution is -0.134. The lowest BCUT2D eigenvalue weighted by Crippen LogP contribution is -2.33. The number of hydrogen-bond acceptors (Lipinski definition) is 4. The largest absolute Gasteiger partial charge is 0.481 e. The first-order valence-electron chi connectivity index (χ1n) is 6.04. The molecule has 7 heteroatoms. The van der Waals surface area contributed by atoms with Crippen molar-refractivity contribution in [3.8, 4) is 0 Å². The van der Waals surface area contributed by atoms with E-state index in [2.05, 4.69) is 5.32 Å². The van der Waals surface area contributed by atoms with E-state index in [0.29, 0.717) is 13.0 Å². The average Bonchev–Trinajstić information content (AvgIpc) is 2.12. The van der Waals surface area contributed by atoms with Crippen LogP contribution in [-0.4, -0.2) is 35.2 Å². The number of hydrogen-bond donors (Lipinski definition) is 4.